The highest BCUT2D eigenvalue weighted by Crippen LogP contribution is 2.44. The molecule has 0 saturated heterocycles. The minimum absolute atomic E-state index is 0.0293. The number of para-hydroxylation sites is 1. The Morgan fingerprint density at radius 1 is 1.03 bits per heavy atom. The Balaban J connectivity index is 1.46. The molecule has 1 fully saturated rings. The maximum absolute atomic E-state index is 13.7. The summed E-state index contributed by atoms with van der Waals surface area (Å²) < 4.78 is 3.21. The van der Waals surface area contributed by atoms with Gasteiger partial charge in [-0.2, -0.15) is 0 Å². The summed E-state index contributed by atoms with van der Waals surface area (Å²) in [5, 5.41) is 3.44. The van der Waals surface area contributed by atoms with Gasteiger partial charge in [-0.1, -0.05) is 36.0 Å². The molecule has 6 rings (SSSR count). The van der Waals surface area contributed by atoms with Gasteiger partial charge >= 0.3 is 0 Å². The number of aromatic nitrogens is 4. The number of pyridine rings is 1. The molecule has 6 nitrogen and oxygen atoms in total. The van der Waals surface area contributed by atoms with Crippen LogP contribution in [-0.4, -0.2) is 18.9 Å². The van der Waals surface area contributed by atoms with Gasteiger partial charge in [-0.05, 0) is 54.0 Å². The molecule has 0 bridgehead atoms. The van der Waals surface area contributed by atoms with Crippen molar-refractivity contribution in [1.82, 2.24) is 18.9 Å². The number of hydrogen-bond acceptors (Lipinski definition) is 6. The predicted molar refractivity (Wildman–Crippen MR) is 128 cm³/mol. The summed E-state index contributed by atoms with van der Waals surface area (Å²) >= 11 is 2.96. The van der Waals surface area contributed by atoms with E-state index in [1.807, 2.05) is 42.5 Å². The molecule has 8 heteroatoms. The van der Waals surface area contributed by atoms with Crippen LogP contribution in [0.15, 0.2) is 80.9 Å². The molecule has 1 aliphatic carbocycles. The van der Waals surface area contributed by atoms with Crippen LogP contribution in [0.4, 0.5) is 0 Å². The third kappa shape index (κ3) is 3.36. The van der Waals surface area contributed by atoms with Crippen molar-refractivity contribution in [3.63, 3.8) is 0 Å². The molecule has 0 aliphatic heterocycles. The van der Waals surface area contributed by atoms with E-state index >= 15 is 0 Å². The molecule has 32 heavy (non-hydrogen) atoms. The number of rotatable bonds is 5. The molecule has 158 valence electrons. The fourth-order valence-electron chi connectivity index (χ4n) is 3.91. The Kier molecular flexibility index (Phi) is 4.69. The van der Waals surface area contributed by atoms with Crippen LogP contribution in [0.25, 0.3) is 21.6 Å². The van der Waals surface area contributed by atoms with Gasteiger partial charge in [0.05, 0.1) is 16.8 Å². The van der Waals surface area contributed by atoms with Crippen molar-refractivity contribution < 1.29 is 0 Å². The third-order valence-electron chi connectivity index (χ3n) is 5.61. The average Bonchev–Trinajstić information content (AvgIpc) is 3.57. The van der Waals surface area contributed by atoms with Crippen molar-refractivity contribution in [2.45, 2.75) is 29.7 Å². The lowest BCUT2D eigenvalue weighted by atomic mass is 10.1. The van der Waals surface area contributed by atoms with E-state index in [1.165, 1.54) is 27.5 Å². The molecular formula is C24H18N4O2S2. The van der Waals surface area contributed by atoms with E-state index in [9.17, 15) is 9.59 Å². The molecular weight excluding hydrogens is 440 g/mol. The number of thioether (sulfide) groups is 1. The molecule has 0 amide bonds. The van der Waals surface area contributed by atoms with Crippen LogP contribution in [0.3, 0.4) is 0 Å². The van der Waals surface area contributed by atoms with E-state index in [-0.39, 0.29) is 11.1 Å². The number of benzene rings is 1. The van der Waals surface area contributed by atoms with Gasteiger partial charge in [-0.15, -0.1) is 11.3 Å². The molecule has 0 radical (unpaired) electrons. The second-order valence-electron chi connectivity index (χ2n) is 7.82. The summed E-state index contributed by atoms with van der Waals surface area (Å²) in [5.41, 5.74) is 3.03. The summed E-state index contributed by atoms with van der Waals surface area (Å²) in [6, 6.07) is 16.6. The van der Waals surface area contributed by atoms with Crippen LogP contribution >= 0.6 is 23.1 Å². The smallest absolute Gasteiger partial charge is 0.267 e. The minimum Gasteiger partial charge on any atom is -0.269 e. The van der Waals surface area contributed by atoms with Crippen LogP contribution in [0.5, 0.6) is 0 Å². The van der Waals surface area contributed by atoms with Gasteiger partial charge in [0.1, 0.15) is 10.5 Å². The van der Waals surface area contributed by atoms with Gasteiger partial charge in [-0.25, -0.2) is 9.97 Å². The lowest BCUT2D eigenvalue weighted by Crippen LogP contribution is -2.22. The topological polar surface area (TPSA) is 69.3 Å². The number of thiophene rings is 1. The molecule has 0 atom stereocenters. The molecule has 4 aromatic heterocycles. The quantitative estimate of drug-likeness (QED) is 0.284. The summed E-state index contributed by atoms with van der Waals surface area (Å²) in [7, 11) is 0. The van der Waals surface area contributed by atoms with Crippen molar-refractivity contribution in [3.8, 4) is 5.69 Å². The van der Waals surface area contributed by atoms with Crippen molar-refractivity contribution >= 4 is 39.0 Å². The van der Waals surface area contributed by atoms with Crippen molar-refractivity contribution in [3.05, 3.63) is 98.1 Å². The van der Waals surface area contributed by atoms with E-state index in [1.54, 1.807) is 22.9 Å². The normalized spacial score (nSPS) is 13.8. The Labute approximate surface area is 191 Å². The zero-order chi connectivity index (χ0) is 21.7. The third-order valence-corrected chi connectivity index (χ3v) is 7.47. The summed E-state index contributed by atoms with van der Waals surface area (Å²) in [5.74, 6) is 0.919. The highest BCUT2D eigenvalue weighted by atomic mass is 32.2. The van der Waals surface area contributed by atoms with Gasteiger partial charge in [0, 0.05) is 18.0 Å². The monoisotopic (exact) mass is 458 g/mol. The van der Waals surface area contributed by atoms with Crippen LogP contribution in [-0.2, 0) is 5.75 Å². The standard InChI is InChI=1S/C24H18N4O2S2/c29-20-12-16(25-19-8-4-5-11-27(19)20)13-32-24-26-22-21(18(14-31-22)15-9-10-15)23(30)28(24)17-6-2-1-3-7-17/h1-8,11-12,14-15H,9-10,13H2. The zero-order valence-corrected chi connectivity index (χ0v) is 18.6. The van der Waals surface area contributed by atoms with E-state index in [4.69, 9.17) is 4.98 Å². The maximum atomic E-state index is 13.7. The van der Waals surface area contributed by atoms with Crippen molar-refractivity contribution in [2.75, 3.05) is 0 Å². The van der Waals surface area contributed by atoms with E-state index in [0.29, 0.717) is 28.2 Å². The lowest BCUT2D eigenvalue weighted by Gasteiger charge is -2.12. The fourth-order valence-corrected chi connectivity index (χ4v) is 5.87. The van der Waals surface area contributed by atoms with Gasteiger partial charge < -0.3 is 0 Å². The second kappa shape index (κ2) is 7.72. The minimum atomic E-state index is -0.123. The van der Waals surface area contributed by atoms with Crippen molar-refractivity contribution in [1.29, 1.82) is 0 Å². The molecule has 5 aromatic rings. The number of hydrogen-bond donors (Lipinski definition) is 0. The molecule has 0 unspecified atom stereocenters. The van der Waals surface area contributed by atoms with Crippen LogP contribution < -0.4 is 11.1 Å². The van der Waals surface area contributed by atoms with Crippen LogP contribution in [0.1, 0.15) is 30.0 Å². The van der Waals surface area contributed by atoms with Gasteiger partial charge in [0.25, 0.3) is 11.1 Å². The largest absolute Gasteiger partial charge is 0.269 e. The van der Waals surface area contributed by atoms with E-state index < -0.39 is 0 Å². The van der Waals surface area contributed by atoms with E-state index in [2.05, 4.69) is 10.4 Å². The first-order valence-electron chi connectivity index (χ1n) is 10.4. The first kappa shape index (κ1) is 19.5. The first-order valence-corrected chi connectivity index (χ1v) is 12.3. The summed E-state index contributed by atoms with van der Waals surface area (Å²) in [6.07, 6.45) is 3.98. The first-order chi connectivity index (χ1) is 15.7. The summed E-state index contributed by atoms with van der Waals surface area (Å²) in [6.45, 7) is 0. The fraction of sp³-hybridized carbons (Fsp3) is 0.167. The Hall–Kier alpha value is -3.23. The zero-order valence-electron chi connectivity index (χ0n) is 17.0. The highest BCUT2D eigenvalue weighted by molar-refractivity contribution is 7.98. The number of nitrogens with zero attached hydrogens (tertiary/aromatic N) is 4. The van der Waals surface area contributed by atoms with Crippen LogP contribution in [0.2, 0.25) is 0 Å². The Morgan fingerprint density at radius 2 is 1.84 bits per heavy atom. The van der Waals surface area contributed by atoms with Gasteiger partial charge in [0.15, 0.2) is 5.16 Å². The highest BCUT2D eigenvalue weighted by Gasteiger charge is 2.29. The molecule has 1 aliphatic rings. The molecule has 0 N–H and O–H groups in total. The second-order valence-corrected chi connectivity index (χ2v) is 9.62. The molecule has 4 heterocycles. The number of fused-ring (bicyclic) bond motifs is 2. The predicted octanol–water partition coefficient (Wildman–Crippen LogP) is 4.62. The average molecular weight is 459 g/mol. The Morgan fingerprint density at radius 3 is 2.66 bits per heavy atom. The molecule has 1 saturated carbocycles. The van der Waals surface area contributed by atoms with Gasteiger partial charge in [-0.3, -0.25) is 18.6 Å². The lowest BCUT2D eigenvalue weighted by molar-refractivity contribution is 0.820. The SMILES string of the molecule is O=c1c2c(C3CC3)csc2nc(SCc2cc(=O)n3ccccc3n2)n1-c1ccccc1. The summed E-state index contributed by atoms with van der Waals surface area (Å²) in [4.78, 5) is 36.4. The molecule has 1 aromatic carbocycles. The molecule has 0 spiro atoms. The Bertz CT molecular complexity index is 1580. The van der Waals surface area contributed by atoms with Gasteiger partial charge in [0.2, 0.25) is 0 Å². The van der Waals surface area contributed by atoms with E-state index in [0.717, 1.165) is 34.3 Å². The maximum Gasteiger partial charge on any atom is 0.267 e. The van der Waals surface area contributed by atoms with Crippen LogP contribution in [0, 0.1) is 0 Å². The van der Waals surface area contributed by atoms with Crippen molar-refractivity contribution in [2.24, 2.45) is 0 Å².